The average molecular weight is 356 g/mol. The van der Waals surface area contributed by atoms with Crippen molar-refractivity contribution < 1.29 is 13.5 Å². The molecule has 0 atom stereocenters. The Kier molecular flexibility index (Phi) is 5.88. The minimum Gasteiger partial charge on any atom is -0.470 e. The first kappa shape index (κ1) is 17.9. The first-order valence-electron chi connectivity index (χ1n) is 6.88. The van der Waals surface area contributed by atoms with Crippen molar-refractivity contribution >= 4 is 17.3 Å². The smallest absolute Gasteiger partial charge is 0.263 e. The summed E-state index contributed by atoms with van der Waals surface area (Å²) < 4.78 is 30.7. The van der Waals surface area contributed by atoms with Crippen LogP contribution in [0.4, 0.5) is 14.5 Å². The number of benzene rings is 1. The van der Waals surface area contributed by atoms with E-state index in [1.807, 2.05) is 0 Å². The van der Waals surface area contributed by atoms with Crippen LogP contribution >= 0.6 is 11.6 Å². The summed E-state index contributed by atoms with van der Waals surface area (Å²) in [6.45, 7) is 1.67. The van der Waals surface area contributed by atoms with Crippen LogP contribution in [0.5, 0.6) is 5.88 Å². The molecule has 1 aromatic heterocycles. The van der Waals surface area contributed by atoms with Gasteiger partial charge in [0.25, 0.3) is 6.43 Å². The summed E-state index contributed by atoms with van der Waals surface area (Å²) in [5.74, 6) is 6.28. The lowest BCUT2D eigenvalue weighted by Crippen LogP contribution is -2.35. The van der Waals surface area contributed by atoms with E-state index < -0.39 is 6.43 Å². The Hall–Kier alpha value is -2.45. The second-order valence-electron chi connectivity index (χ2n) is 4.87. The highest BCUT2D eigenvalue weighted by molar-refractivity contribution is 6.29. The number of hydrogen-bond acceptors (Lipinski definition) is 6. The molecule has 4 N–H and O–H groups in total. The molecule has 0 fully saturated rings. The van der Waals surface area contributed by atoms with Gasteiger partial charge in [0.1, 0.15) is 6.61 Å². The van der Waals surface area contributed by atoms with Gasteiger partial charge in [0, 0.05) is 17.3 Å². The molecular weight excluding hydrogens is 340 g/mol. The van der Waals surface area contributed by atoms with E-state index in [0.717, 1.165) is 0 Å². The second-order valence-corrected chi connectivity index (χ2v) is 5.26. The van der Waals surface area contributed by atoms with Gasteiger partial charge in [-0.05, 0) is 25.1 Å². The van der Waals surface area contributed by atoms with Gasteiger partial charge in [-0.2, -0.15) is 0 Å². The molecule has 0 amide bonds. The number of nitrogens with two attached hydrogens (primary N) is 2. The topological polar surface area (TPSA) is 90.3 Å². The maximum absolute atomic E-state index is 12.6. The highest BCUT2D eigenvalue weighted by Gasteiger charge is 2.14. The molecule has 24 heavy (non-hydrogen) atoms. The third-order valence-corrected chi connectivity index (χ3v) is 3.34. The summed E-state index contributed by atoms with van der Waals surface area (Å²) in [7, 11) is 0. The van der Waals surface area contributed by atoms with E-state index in [2.05, 4.69) is 10.2 Å². The Morgan fingerprint density at radius 1 is 1.21 bits per heavy atom. The Balaban J connectivity index is 2.12. The molecule has 1 heterocycles. The van der Waals surface area contributed by atoms with Gasteiger partial charge in [0.15, 0.2) is 5.15 Å². The standard InChI is InChI=1S/C15H16ClF2N5O/c1-9(19)12(8-24-14-7-6-13(16)21-22-14)23(20)11-4-2-10(3-5-11)15(17)18/h2-7,15H,8,19-20H2,1H3/b12-9-. The Labute approximate surface area is 142 Å². The van der Waals surface area contributed by atoms with Gasteiger partial charge in [0.2, 0.25) is 5.88 Å². The van der Waals surface area contributed by atoms with Gasteiger partial charge >= 0.3 is 0 Å². The average Bonchev–Trinajstić information content (AvgIpc) is 2.56. The fourth-order valence-corrected chi connectivity index (χ4v) is 1.93. The minimum atomic E-state index is -2.54. The van der Waals surface area contributed by atoms with Crippen molar-refractivity contribution in [3.8, 4) is 5.88 Å². The lowest BCUT2D eigenvalue weighted by Gasteiger charge is -2.23. The first-order valence-corrected chi connectivity index (χ1v) is 7.26. The molecular formula is C15H16ClF2N5O. The molecule has 9 heteroatoms. The van der Waals surface area contributed by atoms with Crippen LogP contribution in [0.15, 0.2) is 47.8 Å². The SMILES string of the molecule is C/C(N)=C(\COc1ccc(Cl)nn1)N(N)c1ccc(C(F)F)cc1. The zero-order valence-corrected chi connectivity index (χ0v) is 13.5. The normalized spacial score (nSPS) is 12.1. The molecule has 0 saturated heterocycles. The molecule has 2 rings (SSSR count). The second kappa shape index (κ2) is 7.89. The quantitative estimate of drug-likeness (QED) is 0.611. The lowest BCUT2D eigenvalue weighted by molar-refractivity contribution is 0.151. The largest absolute Gasteiger partial charge is 0.470 e. The van der Waals surface area contributed by atoms with E-state index in [9.17, 15) is 8.78 Å². The van der Waals surface area contributed by atoms with E-state index in [4.69, 9.17) is 27.9 Å². The maximum atomic E-state index is 12.6. The van der Waals surface area contributed by atoms with Crippen molar-refractivity contribution in [2.45, 2.75) is 13.3 Å². The molecule has 0 aliphatic rings. The summed E-state index contributed by atoms with van der Waals surface area (Å²) in [4.78, 5) is 0. The molecule has 0 unspecified atom stereocenters. The summed E-state index contributed by atoms with van der Waals surface area (Å²) in [5.41, 5.74) is 7.11. The van der Waals surface area contributed by atoms with Crippen LogP contribution in [0.1, 0.15) is 18.9 Å². The fraction of sp³-hybridized carbons (Fsp3) is 0.200. The van der Waals surface area contributed by atoms with Crippen molar-refractivity contribution in [1.82, 2.24) is 10.2 Å². The maximum Gasteiger partial charge on any atom is 0.263 e. The van der Waals surface area contributed by atoms with Crippen LogP contribution in [-0.2, 0) is 0 Å². The van der Waals surface area contributed by atoms with E-state index in [1.54, 1.807) is 13.0 Å². The van der Waals surface area contributed by atoms with Crippen LogP contribution < -0.4 is 21.3 Å². The predicted octanol–water partition coefficient (Wildman–Crippen LogP) is 3.02. The number of alkyl halides is 2. The van der Waals surface area contributed by atoms with Gasteiger partial charge in [-0.15, -0.1) is 10.2 Å². The minimum absolute atomic E-state index is 0.0196. The van der Waals surface area contributed by atoms with Gasteiger partial charge in [0.05, 0.1) is 11.4 Å². The number of ether oxygens (including phenoxy) is 1. The molecule has 1 aromatic carbocycles. The van der Waals surface area contributed by atoms with Crippen molar-refractivity contribution in [3.05, 3.63) is 58.5 Å². The number of anilines is 1. The molecule has 0 bridgehead atoms. The summed E-state index contributed by atoms with van der Waals surface area (Å²) in [6.07, 6.45) is -2.54. The van der Waals surface area contributed by atoms with Crippen molar-refractivity contribution in [2.75, 3.05) is 11.6 Å². The molecule has 0 aliphatic heterocycles. The van der Waals surface area contributed by atoms with E-state index >= 15 is 0 Å². The third-order valence-electron chi connectivity index (χ3n) is 3.13. The monoisotopic (exact) mass is 355 g/mol. The van der Waals surface area contributed by atoms with E-state index in [0.29, 0.717) is 17.1 Å². The van der Waals surface area contributed by atoms with Gasteiger partial charge in [-0.1, -0.05) is 23.7 Å². The number of allylic oxidation sites excluding steroid dienone is 1. The number of hydrogen-bond donors (Lipinski definition) is 2. The molecule has 128 valence electrons. The van der Waals surface area contributed by atoms with Crippen LogP contribution in [-0.4, -0.2) is 16.8 Å². The lowest BCUT2D eigenvalue weighted by atomic mass is 10.2. The molecule has 0 spiro atoms. The molecule has 0 aliphatic carbocycles. The van der Waals surface area contributed by atoms with Gasteiger partial charge < -0.3 is 10.5 Å². The predicted molar refractivity (Wildman–Crippen MR) is 87.5 cm³/mol. The number of hydrazine groups is 1. The van der Waals surface area contributed by atoms with Gasteiger partial charge in [-0.3, -0.25) is 5.01 Å². The summed E-state index contributed by atoms with van der Waals surface area (Å²) in [6, 6.07) is 8.64. The fourth-order valence-electron chi connectivity index (χ4n) is 1.83. The molecule has 0 saturated carbocycles. The highest BCUT2D eigenvalue weighted by atomic mass is 35.5. The zero-order valence-electron chi connectivity index (χ0n) is 12.8. The first-order chi connectivity index (χ1) is 11.4. The Morgan fingerprint density at radius 3 is 2.38 bits per heavy atom. The van der Waals surface area contributed by atoms with E-state index in [1.165, 1.54) is 35.3 Å². The zero-order chi connectivity index (χ0) is 17.7. The van der Waals surface area contributed by atoms with Crippen molar-refractivity contribution in [1.29, 1.82) is 0 Å². The molecule has 0 radical (unpaired) electrons. The van der Waals surface area contributed by atoms with Crippen LogP contribution in [0.2, 0.25) is 5.15 Å². The Morgan fingerprint density at radius 2 is 1.88 bits per heavy atom. The van der Waals surface area contributed by atoms with Crippen molar-refractivity contribution in [2.24, 2.45) is 11.6 Å². The molecule has 2 aromatic rings. The van der Waals surface area contributed by atoms with E-state index in [-0.39, 0.29) is 23.2 Å². The summed E-state index contributed by atoms with van der Waals surface area (Å²) >= 11 is 5.65. The number of nitrogens with zero attached hydrogens (tertiary/aromatic N) is 3. The summed E-state index contributed by atoms with van der Waals surface area (Å²) in [5, 5.41) is 8.94. The van der Waals surface area contributed by atoms with Crippen molar-refractivity contribution in [3.63, 3.8) is 0 Å². The van der Waals surface area contributed by atoms with Crippen LogP contribution in [0.25, 0.3) is 0 Å². The van der Waals surface area contributed by atoms with Crippen LogP contribution in [0, 0.1) is 0 Å². The third kappa shape index (κ3) is 4.53. The van der Waals surface area contributed by atoms with Crippen LogP contribution in [0.3, 0.4) is 0 Å². The molecule has 6 nitrogen and oxygen atoms in total. The number of halogens is 3. The number of aromatic nitrogens is 2. The Bertz CT molecular complexity index is 703. The number of rotatable bonds is 6. The van der Waals surface area contributed by atoms with Gasteiger partial charge in [-0.25, -0.2) is 14.6 Å². The highest BCUT2D eigenvalue weighted by Crippen LogP contribution is 2.23.